The summed E-state index contributed by atoms with van der Waals surface area (Å²) in [7, 11) is 0. The maximum absolute atomic E-state index is 13.6. The van der Waals surface area contributed by atoms with Crippen LogP contribution in [0.3, 0.4) is 0 Å². The minimum absolute atomic E-state index is 0.0990. The van der Waals surface area contributed by atoms with Gasteiger partial charge >= 0.3 is 6.18 Å². The third-order valence-corrected chi connectivity index (χ3v) is 4.19. The Bertz CT molecular complexity index is 1190. The zero-order valence-electron chi connectivity index (χ0n) is 17.4. The SMILES string of the molecule is CC(C)(O)C#Cc1cc2c(-c3nc(N)ncc3C(F)(F)F)cn(CC(C)(C)O)c2cn1. The summed E-state index contributed by atoms with van der Waals surface area (Å²) >= 11 is 0. The minimum Gasteiger partial charge on any atom is -0.389 e. The summed E-state index contributed by atoms with van der Waals surface area (Å²) in [5.74, 6) is 5.04. The van der Waals surface area contributed by atoms with Crippen LogP contribution in [0.4, 0.5) is 19.1 Å². The standard InChI is InChI=1S/C21H22F3N5O2/c1-19(2,30)6-5-12-7-13-14(10-29(11-20(3,4)31)16(13)9-26-12)17-15(21(22,23)24)8-27-18(25)28-17/h7-10,30-31H,11H2,1-4H3,(H2,25,27,28). The zero-order chi connectivity index (χ0) is 23.2. The molecule has 0 saturated heterocycles. The first-order chi connectivity index (χ1) is 14.1. The average molecular weight is 433 g/mol. The third-order valence-electron chi connectivity index (χ3n) is 4.19. The van der Waals surface area contributed by atoms with Crippen molar-refractivity contribution in [3.63, 3.8) is 0 Å². The van der Waals surface area contributed by atoms with Crippen molar-refractivity contribution in [1.82, 2.24) is 19.5 Å². The number of aromatic nitrogens is 4. The highest BCUT2D eigenvalue weighted by Crippen LogP contribution is 2.39. The minimum atomic E-state index is -4.70. The second-order valence-corrected chi connectivity index (χ2v) is 8.37. The van der Waals surface area contributed by atoms with E-state index in [2.05, 4.69) is 26.8 Å². The molecular weight excluding hydrogens is 411 g/mol. The summed E-state index contributed by atoms with van der Waals surface area (Å²) < 4.78 is 42.5. The molecule has 7 nitrogen and oxygen atoms in total. The molecule has 3 heterocycles. The maximum Gasteiger partial charge on any atom is 0.419 e. The largest absolute Gasteiger partial charge is 0.419 e. The van der Waals surface area contributed by atoms with E-state index in [4.69, 9.17) is 5.73 Å². The summed E-state index contributed by atoms with van der Waals surface area (Å²) in [4.78, 5) is 11.6. The fourth-order valence-electron chi connectivity index (χ4n) is 3.02. The van der Waals surface area contributed by atoms with Crippen molar-refractivity contribution in [2.75, 3.05) is 5.73 Å². The Morgan fingerprint density at radius 3 is 2.35 bits per heavy atom. The molecule has 4 N–H and O–H groups in total. The Balaban J connectivity index is 2.32. The lowest BCUT2D eigenvalue weighted by atomic mass is 10.1. The van der Waals surface area contributed by atoms with Gasteiger partial charge in [-0.2, -0.15) is 13.2 Å². The molecule has 0 aromatic carbocycles. The molecule has 0 aliphatic heterocycles. The van der Waals surface area contributed by atoms with Crippen LogP contribution < -0.4 is 5.73 Å². The van der Waals surface area contributed by atoms with Crippen molar-refractivity contribution < 1.29 is 23.4 Å². The third kappa shape index (κ3) is 5.31. The first-order valence-electron chi connectivity index (χ1n) is 9.31. The van der Waals surface area contributed by atoms with Crippen LogP contribution in [0, 0.1) is 11.8 Å². The van der Waals surface area contributed by atoms with E-state index in [1.54, 1.807) is 18.4 Å². The molecular formula is C21H22F3N5O2. The van der Waals surface area contributed by atoms with Gasteiger partial charge in [0.2, 0.25) is 5.95 Å². The fourth-order valence-corrected chi connectivity index (χ4v) is 3.02. The highest BCUT2D eigenvalue weighted by molar-refractivity contribution is 5.96. The predicted octanol–water partition coefficient (Wildman–Crippen LogP) is 2.99. The predicted molar refractivity (Wildman–Crippen MR) is 110 cm³/mol. The number of aliphatic hydroxyl groups is 2. The Labute approximate surface area is 176 Å². The van der Waals surface area contributed by atoms with Gasteiger partial charge in [0, 0.05) is 23.3 Å². The topological polar surface area (TPSA) is 110 Å². The summed E-state index contributed by atoms with van der Waals surface area (Å²) in [5.41, 5.74) is 2.65. The molecule has 0 radical (unpaired) electrons. The van der Waals surface area contributed by atoms with E-state index in [0.29, 0.717) is 17.1 Å². The number of anilines is 1. The van der Waals surface area contributed by atoms with Crippen LogP contribution in [-0.2, 0) is 12.7 Å². The monoisotopic (exact) mass is 433 g/mol. The van der Waals surface area contributed by atoms with Crippen molar-refractivity contribution in [2.24, 2.45) is 0 Å². The molecule has 10 heteroatoms. The van der Waals surface area contributed by atoms with Gasteiger partial charge in [0.1, 0.15) is 16.9 Å². The van der Waals surface area contributed by atoms with Crippen molar-refractivity contribution in [3.05, 3.63) is 35.9 Å². The molecule has 0 aliphatic rings. The maximum atomic E-state index is 13.6. The Hall–Kier alpha value is -3.16. The molecule has 0 saturated carbocycles. The number of nitrogen functional groups attached to an aromatic ring is 1. The van der Waals surface area contributed by atoms with Gasteiger partial charge in [-0.25, -0.2) is 15.0 Å². The molecule has 0 atom stereocenters. The van der Waals surface area contributed by atoms with Crippen LogP contribution in [0.25, 0.3) is 22.2 Å². The fraction of sp³-hybridized carbons (Fsp3) is 0.381. The molecule has 164 valence electrons. The number of hydrogen-bond acceptors (Lipinski definition) is 6. The van der Waals surface area contributed by atoms with Gasteiger partial charge in [-0.15, -0.1) is 0 Å². The van der Waals surface area contributed by atoms with E-state index in [1.165, 1.54) is 32.3 Å². The normalized spacial score (nSPS) is 12.7. The number of alkyl halides is 3. The summed E-state index contributed by atoms with van der Waals surface area (Å²) in [6.07, 6.45) is -1.14. The second-order valence-electron chi connectivity index (χ2n) is 8.37. The number of pyridine rings is 1. The lowest BCUT2D eigenvalue weighted by molar-refractivity contribution is -0.137. The van der Waals surface area contributed by atoms with E-state index >= 15 is 0 Å². The van der Waals surface area contributed by atoms with E-state index in [-0.39, 0.29) is 29.4 Å². The molecule has 0 spiro atoms. The number of hydrogen-bond donors (Lipinski definition) is 3. The quantitative estimate of drug-likeness (QED) is 0.548. The number of nitrogens with two attached hydrogens (primary N) is 1. The van der Waals surface area contributed by atoms with Crippen molar-refractivity contribution in [1.29, 1.82) is 0 Å². The first kappa shape index (κ1) is 22.5. The van der Waals surface area contributed by atoms with Gasteiger partial charge in [-0.3, -0.25) is 0 Å². The molecule has 0 fully saturated rings. The Kier molecular flexibility index (Phi) is 5.46. The Morgan fingerprint density at radius 1 is 1.10 bits per heavy atom. The molecule has 0 unspecified atom stereocenters. The van der Waals surface area contributed by atoms with E-state index in [1.807, 2.05) is 0 Å². The van der Waals surface area contributed by atoms with Gasteiger partial charge in [-0.1, -0.05) is 5.92 Å². The van der Waals surface area contributed by atoms with Gasteiger partial charge in [0.15, 0.2) is 0 Å². The number of halogens is 3. The van der Waals surface area contributed by atoms with Gasteiger partial charge in [-0.05, 0) is 39.7 Å². The molecule has 0 bridgehead atoms. The summed E-state index contributed by atoms with van der Waals surface area (Å²) in [6, 6.07) is 1.52. The zero-order valence-corrected chi connectivity index (χ0v) is 17.4. The highest BCUT2D eigenvalue weighted by Gasteiger charge is 2.36. The van der Waals surface area contributed by atoms with Crippen LogP contribution in [0.15, 0.2) is 24.7 Å². The highest BCUT2D eigenvalue weighted by atomic mass is 19.4. The van der Waals surface area contributed by atoms with Gasteiger partial charge < -0.3 is 20.5 Å². The van der Waals surface area contributed by atoms with Crippen LogP contribution >= 0.6 is 0 Å². The van der Waals surface area contributed by atoms with Crippen LogP contribution in [-0.4, -0.2) is 40.9 Å². The molecule has 3 rings (SSSR count). The van der Waals surface area contributed by atoms with Crippen molar-refractivity contribution >= 4 is 16.9 Å². The first-order valence-corrected chi connectivity index (χ1v) is 9.31. The van der Waals surface area contributed by atoms with Crippen LogP contribution in [0.5, 0.6) is 0 Å². The van der Waals surface area contributed by atoms with E-state index in [0.717, 1.165) is 0 Å². The number of nitrogens with zero attached hydrogens (tertiary/aromatic N) is 4. The van der Waals surface area contributed by atoms with E-state index < -0.39 is 22.9 Å². The number of fused-ring (bicyclic) bond motifs is 1. The molecule has 31 heavy (non-hydrogen) atoms. The smallest absolute Gasteiger partial charge is 0.389 e. The van der Waals surface area contributed by atoms with Crippen molar-refractivity contribution in [3.8, 4) is 23.1 Å². The molecule has 3 aromatic heterocycles. The lowest BCUT2D eigenvalue weighted by Crippen LogP contribution is -2.25. The summed E-state index contributed by atoms with van der Waals surface area (Å²) in [6.45, 7) is 6.27. The lowest BCUT2D eigenvalue weighted by Gasteiger charge is -2.18. The van der Waals surface area contributed by atoms with Crippen LogP contribution in [0.1, 0.15) is 39.0 Å². The molecule has 0 aliphatic carbocycles. The summed E-state index contributed by atoms with van der Waals surface area (Å²) in [5, 5.41) is 20.5. The Morgan fingerprint density at radius 2 is 1.77 bits per heavy atom. The van der Waals surface area contributed by atoms with Gasteiger partial charge in [0.05, 0.1) is 29.6 Å². The molecule has 3 aromatic rings. The van der Waals surface area contributed by atoms with Crippen molar-refractivity contribution in [2.45, 2.75) is 51.6 Å². The molecule has 0 amide bonds. The second kappa shape index (κ2) is 7.51. The van der Waals surface area contributed by atoms with Crippen LogP contribution in [0.2, 0.25) is 0 Å². The average Bonchev–Trinajstić information content (AvgIpc) is 2.94. The van der Waals surface area contributed by atoms with Gasteiger partial charge in [0.25, 0.3) is 0 Å². The van der Waals surface area contributed by atoms with E-state index in [9.17, 15) is 23.4 Å². The number of rotatable bonds is 3.